The maximum Gasteiger partial charge on any atom is 0.306 e. The van der Waals surface area contributed by atoms with Gasteiger partial charge in [0.05, 0.1) is 5.92 Å². The van der Waals surface area contributed by atoms with Gasteiger partial charge in [0.2, 0.25) is 0 Å². The third kappa shape index (κ3) is 2.49. The number of carboxylic acid groups (broad SMARTS) is 1. The Morgan fingerprint density at radius 2 is 1.76 bits per heavy atom. The van der Waals surface area contributed by atoms with Gasteiger partial charge in [-0.1, -0.05) is 0 Å². The zero-order chi connectivity index (χ0) is 11.9. The average Bonchev–Trinajstić information content (AvgIpc) is 3.17. The van der Waals surface area contributed by atoms with Crippen molar-refractivity contribution in [2.75, 3.05) is 6.54 Å². The van der Waals surface area contributed by atoms with Gasteiger partial charge >= 0.3 is 5.97 Å². The number of carboxylic acids is 1. The Labute approximate surface area is 103 Å². The predicted molar refractivity (Wildman–Crippen MR) is 65.8 cm³/mol. The molecule has 0 aliphatic heterocycles. The largest absolute Gasteiger partial charge is 0.481 e. The molecule has 3 fully saturated rings. The molecular formula is C14H23NO2. The van der Waals surface area contributed by atoms with Crippen LogP contribution >= 0.6 is 0 Å². The number of hydrogen-bond acceptors (Lipinski definition) is 2. The number of nitrogens with one attached hydrogen (secondary N) is 1. The van der Waals surface area contributed by atoms with Crippen molar-refractivity contribution < 1.29 is 9.90 Å². The summed E-state index contributed by atoms with van der Waals surface area (Å²) in [6.07, 6.45) is 9.59. The number of rotatable bonds is 5. The van der Waals surface area contributed by atoms with Crippen LogP contribution in [0.15, 0.2) is 0 Å². The topological polar surface area (TPSA) is 49.3 Å². The number of carbonyl (C=O) groups is 1. The Morgan fingerprint density at radius 3 is 2.24 bits per heavy atom. The van der Waals surface area contributed by atoms with E-state index in [4.69, 9.17) is 5.11 Å². The second-order valence-corrected chi connectivity index (χ2v) is 6.40. The fraction of sp³-hybridized carbons (Fsp3) is 0.929. The van der Waals surface area contributed by atoms with Crippen molar-refractivity contribution in [2.45, 2.75) is 57.4 Å². The van der Waals surface area contributed by atoms with Crippen molar-refractivity contribution in [1.82, 2.24) is 5.32 Å². The smallest absolute Gasteiger partial charge is 0.306 e. The first-order valence-corrected chi connectivity index (χ1v) is 7.16. The third-order valence-electron chi connectivity index (χ3n) is 5.15. The van der Waals surface area contributed by atoms with E-state index in [1.807, 2.05) is 0 Å². The lowest BCUT2D eigenvalue weighted by atomic mass is 9.85. The van der Waals surface area contributed by atoms with Gasteiger partial charge in [-0.2, -0.15) is 0 Å². The van der Waals surface area contributed by atoms with Crippen LogP contribution in [0.3, 0.4) is 0 Å². The summed E-state index contributed by atoms with van der Waals surface area (Å²) in [5.41, 5.74) is 0.670. The highest BCUT2D eigenvalue weighted by atomic mass is 16.4. The highest BCUT2D eigenvalue weighted by Gasteiger charge is 2.53. The van der Waals surface area contributed by atoms with Gasteiger partial charge in [0.1, 0.15) is 0 Å². The lowest BCUT2D eigenvalue weighted by Crippen LogP contribution is -2.38. The highest BCUT2D eigenvalue weighted by molar-refractivity contribution is 5.70. The molecule has 3 rings (SSSR count). The van der Waals surface area contributed by atoms with Crippen molar-refractivity contribution in [3.8, 4) is 0 Å². The minimum absolute atomic E-state index is 0.0774. The van der Waals surface area contributed by atoms with E-state index in [-0.39, 0.29) is 5.92 Å². The van der Waals surface area contributed by atoms with Crippen molar-refractivity contribution in [2.24, 2.45) is 17.3 Å². The standard InChI is InChI=1S/C14H23NO2/c16-13(17)10-1-5-12(6-2-10)15-9-14(7-8-14)11-3-4-11/h10-12,15H,1-9H2,(H,16,17). The molecule has 0 aromatic rings. The Kier molecular flexibility index (Phi) is 2.89. The molecule has 3 aliphatic carbocycles. The summed E-state index contributed by atoms with van der Waals surface area (Å²) in [4.78, 5) is 10.9. The van der Waals surface area contributed by atoms with Gasteiger partial charge in [0.25, 0.3) is 0 Å². The molecule has 0 aromatic carbocycles. The first-order chi connectivity index (χ1) is 8.20. The molecule has 0 spiro atoms. The van der Waals surface area contributed by atoms with Crippen LogP contribution in [-0.4, -0.2) is 23.7 Å². The SMILES string of the molecule is O=C(O)C1CCC(NCC2(C3CC3)CC2)CC1. The molecule has 3 aliphatic rings. The van der Waals surface area contributed by atoms with E-state index in [0.717, 1.165) is 31.6 Å². The second kappa shape index (κ2) is 4.27. The minimum atomic E-state index is -0.597. The van der Waals surface area contributed by atoms with Crippen LogP contribution in [-0.2, 0) is 4.79 Å². The molecule has 0 saturated heterocycles. The molecule has 3 heteroatoms. The summed E-state index contributed by atoms with van der Waals surface area (Å²) in [5, 5.41) is 12.7. The molecular weight excluding hydrogens is 214 g/mol. The van der Waals surface area contributed by atoms with Gasteiger partial charge in [-0.3, -0.25) is 4.79 Å². The van der Waals surface area contributed by atoms with Crippen LogP contribution < -0.4 is 5.32 Å². The predicted octanol–water partition coefficient (Wildman–Crippen LogP) is 2.41. The Morgan fingerprint density at radius 1 is 1.12 bits per heavy atom. The summed E-state index contributed by atoms with van der Waals surface area (Å²) in [6, 6.07) is 0.585. The zero-order valence-electron chi connectivity index (χ0n) is 10.5. The van der Waals surface area contributed by atoms with Gasteiger partial charge in [-0.05, 0) is 62.7 Å². The molecule has 3 nitrogen and oxygen atoms in total. The van der Waals surface area contributed by atoms with Gasteiger partial charge < -0.3 is 10.4 Å². The third-order valence-corrected chi connectivity index (χ3v) is 5.15. The number of hydrogen-bond donors (Lipinski definition) is 2. The Bertz CT molecular complexity index is 299. The minimum Gasteiger partial charge on any atom is -0.481 e. The fourth-order valence-electron chi connectivity index (χ4n) is 3.48. The molecule has 0 bridgehead atoms. The van der Waals surface area contributed by atoms with E-state index < -0.39 is 5.97 Å². The fourth-order valence-corrected chi connectivity index (χ4v) is 3.48. The summed E-state index contributed by atoms with van der Waals surface area (Å²) in [5.74, 6) is 0.344. The maximum atomic E-state index is 10.9. The lowest BCUT2D eigenvalue weighted by molar-refractivity contribution is -0.142. The highest BCUT2D eigenvalue weighted by Crippen LogP contribution is 2.60. The molecule has 2 N–H and O–H groups in total. The molecule has 0 aromatic heterocycles. The van der Waals surface area contributed by atoms with E-state index in [0.29, 0.717) is 11.5 Å². The summed E-state index contributed by atoms with van der Waals surface area (Å²) in [7, 11) is 0. The summed E-state index contributed by atoms with van der Waals surface area (Å²) >= 11 is 0. The first kappa shape index (κ1) is 11.5. The molecule has 17 heavy (non-hydrogen) atoms. The summed E-state index contributed by atoms with van der Waals surface area (Å²) in [6.45, 7) is 1.19. The monoisotopic (exact) mass is 237 g/mol. The molecule has 3 saturated carbocycles. The van der Waals surface area contributed by atoms with Crippen LogP contribution in [0.25, 0.3) is 0 Å². The van der Waals surface area contributed by atoms with Crippen molar-refractivity contribution in [3.63, 3.8) is 0 Å². The second-order valence-electron chi connectivity index (χ2n) is 6.40. The average molecular weight is 237 g/mol. The molecule has 0 amide bonds. The van der Waals surface area contributed by atoms with Gasteiger partial charge in [-0.25, -0.2) is 0 Å². The van der Waals surface area contributed by atoms with Crippen LogP contribution in [0.1, 0.15) is 51.4 Å². The van der Waals surface area contributed by atoms with Crippen LogP contribution in [0.4, 0.5) is 0 Å². The van der Waals surface area contributed by atoms with Crippen molar-refractivity contribution in [3.05, 3.63) is 0 Å². The molecule has 0 unspecified atom stereocenters. The van der Waals surface area contributed by atoms with Gasteiger partial charge in [-0.15, -0.1) is 0 Å². The van der Waals surface area contributed by atoms with Crippen LogP contribution in [0, 0.1) is 17.3 Å². The van der Waals surface area contributed by atoms with E-state index in [1.54, 1.807) is 0 Å². The van der Waals surface area contributed by atoms with E-state index >= 15 is 0 Å². The summed E-state index contributed by atoms with van der Waals surface area (Å²) < 4.78 is 0. The number of aliphatic carboxylic acids is 1. The zero-order valence-corrected chi connectivity index (χ0v) is 10.5. The quantitative estimate of drug-likeness (QED) is 0.772. The van der Waals surface area contributed by atoms with Gasteiger partial charge in [0.15, 0.2) is 0 Å². The van der Waals surface area contributed by atoms with Gasteiger partial charge in [0, 0.05) is 12.6 Å². The molecule has 0 heterocycles. The first-order valence-electron chi connectivity index (χ1n) is 7.16. The Hall–Kier alpha value is -0.570. The molecule has 96 valence electrons. The maximum absolute atomic E-state index is 10.9. The van der Waals surface area contributed by atoms with E-state index in [9.17, 15) is 4.79 Å². The normalized spacial score (nSPS) is 35.5. The van der Waals surface area contributed by atoms with Crippen molar-refractivity contribution >= 4 is 5.97 Å². The van der Waals surface area contributed by atoms with Crippen LogP contribution in [0.5, 0.6) is 0 Å². The Balaban J connectivity index is 1.40. The lowest BCUT2D eigenvalue weighted by Gasteiger charge is -2.28. The van der Waals surface area contributed by atoms with E-state index in [2.05, 4.69) is 5.32 Å². The van der Waals surface area contributed by atoms with Crippen molar-refractivity contribution in [1.29, 1.82) is 0 Å². The molecule has 0 atom stereocenters. The molecule has 0 radical (unpaired) electrons. The van der Waals surface area contributed by atoms with E-state index in [1.165, 1.54) is 32.2 Å². The van der Waals surface area contributed by atoms with Crippen LogP contribution in [0.2, 0.25) is 0 Å².